The summed E-state index contributed by atoms with van der Waals surface area (Å²) in [4.78, 5) is 6.76. The van der Waals surface area contributed by atoms with Crippen molar-refractivity contribution < 1.29 is 4.42 Å². The zero-order valence-corrected chi connectivity index (χ0v) is 20.1. The van der Waals surface area contributed by atoms with Gasteiger partial charge in [0.1, 0.15) is 11.3 Å². The van der Waals surface area contributed by atoms with Crippen LogP contribution in [0.3, 0.4) is 0 Å². The normalized spacial score (nSPS) is 11.2. The lowest BCUT2D eigenvalue weighted by molar-refractivity contribution is 0.632. The minimum atomic E-state index is 0.886. The Balaban J connectivity index is 0.000000216. The molecule has 8 rings (SSSR count). The molecule has 3 nitrogen and oxygen atoms in total. The third-order valence-electron chi connectivity index (χ3n) is 6.90. The molecule has 3 aromatic heterocycles. The van der Waals surface area contributed by atoms with E-state index >= 15 is 0 Å². The monoisotopic (exact) mass is 476 g/mol. The number of rotatable bonds is 2. The first-order chi connectivity index (χ1) is 18.3. The van der Waals surface area contributed by atoms with Gasteiger partial charge in [0.25, 0.3) is 0 Å². The molecule has 176 valence electrons. The maximum Gasteiger partial charge on any atom is 0.138 e. The zero-order valence-electron chi connectivity index (χ0n) is 20.1. The van der Waals surface area contributed by atoms with Gasteiger partial charge in [0, 0.05) is 39.0 Å². The number of benzene rings is 5. The molecule has 8 aromatic rings. The predicted molar refractivity (Wildman–Crippen MR) is 155 cm³/mol. The maximum atomic E-state index is 6.30. The van der Waals surface area contributed by atoms with Gasteiger partial charge in [-0.2, -0.15) is 0 Å². The number of hydrogen-bond donors (Lipinski definition) is 2. The molecular weight excluding hydrogens is 452 g/mol. The summed E-state index contributed by atoms with van der Waals surface area (Å²) in [5.41, 5.74) is 7.82. The maximum absolute atomic E-state index is 6.30. The van der Waals surface area contributed by atoms with Gasteiger partial charge in [-0.3, -0.25) is 0 Å². The van der Waals surface area contributed by atoms with Gasteiger partial charge in [0.05, 0.1) is 5.52 Å². The highest BCUT2D eigenvalue weighted by Crippen LogP contribution is 2.41. The van der Waals surface area contributed by atoms with Crippen LogP contribution in [0.1, 0.15) is 0 Å². The first kappa shape index (κ1) is 21.3. The minimum Gasteiger partial charge on any atom is -0.456 e. The van der Waals surface area contributed by atoms with Crippen molar-refractivity contribution in [2.24, 2.45) is 0 Å². The first-order valence-corrected chi connectivity index (χ1v) is 12.4. The number of H-pyrrole nitrogens is 2. The standard InChI is InChI=1S/C26H17NO.C8H7N/c1-2-8-17(9-3-1)19-14-15-21-20-11-5-6-12-22(20)27-26(21)25(19)24-16-18-10-4-7-13-23(18)28-24;1-2-4-8-7(3-1)5-6-9-8/h1-16,27H;1-6,9H. The fourth-order valence-electron chi connectivity index (χ4n) is 5.13. The van der Waals surface area contributed by atoms with Crippen molar-refractivity contribution in [3.05, 3.63) is 134 Å². The molecule has 0 radical (unpaired) electrons. The topological polar surface area (TPSA) is 44.7 Å². The summed E-state index contributed by atoms with van der Waals surface area (Å²) in [6, 6.07) is 44.0. The number of aromatic amines is 2. The SMILES string of the molecule is c1ccc(-c2ccc3c([nH]c4ccccc43)c2-c2cc3ccccc3o2)cc1.c1ccc2[nH]ccc2c1. The molecule has 0 amide bonds. The van der Waals surface area contributed by atoms with Crippen LogP contribution < -0.4 is 0 Å². The average Bonchev–Trinajstić information content (AvgIpc) is 3.69. The Labute approximate surface area is 214 Å². The molecule has 3 heterocycles. The Hall–Kier alpha value is -5.02. The van der Waals surface area contributed by atoms with Crippen molar-refractivity contribution in [2.75, 3.05) is 0 Å². The molecule has 0 aliphatic carbocycles. The van der Waals surface area contributed by atoms with Gasteiger partial charge in [0.15, 0.2) is 0 Å². The van der Waals surface area contributed by atoms with E-state index in [4.69, 9.17) is 4.42 Å². The first-order valence-electron chi connectivity index (χ1n) is 12.4. The molecule has 0 unspecified atom stereocenters. The van der Waals surface area contributed by atoms with Crippen LogP contribution in [0.25, 0.3) is 66.1 Å². The smallest absolute Gasteiger partial charge is 0.138 e. The van der Waals surface area contributed by atoms with Crippen LogP contribution >= 0.6 is 0 Å². The van der Waals surface area contributed by atoms with E-state index in [0.29, 0.717) is 0 Å². The second kappa shape index (κ2) is 8.89. The molecule has 0 saturated carbocycles. The largest absolute Gasteiger partial charge is 0.456 e. The lowest BCUT2D eigenvalue weighted by Crippen LogP contribution is -1.86. The Morgan fingerprint density at radius 1 is 0.541 bits per heavy atom. The van der Waals surface area contributed by atoms with E-state index in [9.17, 15) is 0 Å². The number of para-hydroxylation sites is 3. The highest BCUT2D eigenvalue weighted by atomic mass is 16.3. The van der Waals surface area contributed by atoms with Gasteiger partial charge in [0.2, 0.25) is 0 Å². The van der Waals surface area contributed by atoms with Gasteiger partial charge in [-0.05, 0) is 46.8 Å². The summed E-state index contributed by atoms with van der Waals surface area (Å²) < 4.78 is 6.30. The number of fused-ring (bicyclic) bond motifs is 5. The molecule has 0 spiro atoms. The van der Waals surface area contributed by atoms with E-state index in [1.54, 1.807) is 0 Å². The average molecular weight is 477 g/mol. The fraction of sp³-hybridized carbons (Fsp3) is 0. The number of aromatic nitrogens is 2. The van der Waals surface area contributed by atoms with E-state index in [-0.39, 0.29) is 0 Å². The summed E-state index contributed by atoms with van der Waals surface area (Å²) in [5.74, 6) is 0.886. The molecule has 5 aromatic carbocycles. The third kappa shape index (κ3) is 3.78. The highest BCUT2D eigenvalue weighted by molar-refractivity contribution is 6.14. The number of furan rings is 1. The van der Waals surface area contributed by atoms with Crippen LogP contribution in [0.5, 0.6) is 0 Å². The molecule has 0 bridgehead atoms. The van der Waals surface area contributed by atoms with Gasteiger partial charge < -0.3 is 14.4 Å². The second-order valence-corrected chi connectivity index (χ2v) is 9.16. The lowest BCUT2D eigenvalue weighted by Gasteiger charge is -2.09. The van der Waals surface area contributed by atoms with Crippen LogP contribution in [0.4, 0.5) is 0 Å². The Morgan fingerprint density at radius 2 is 1.27 bits per heavy atom. The summed E-state index contributed by atoms with van der Waals surface area (Å²) >= 11 is 0. The molecule has 37 heavy (non-hydrogen) atoms. The third-order valence-corrected chi connectivity index (χ3v) is 6.90. The van der Waals surface area contributed by atoms with Crippen LogP contribution in [-0.2, 0) is 0 Å². The van der Waals surface area contributed by atoms with E-state index in [1.165, 1.54) is 32.8 Å². The Kier molecular flexibility index (Phi) is 5.11. The van der Waals surface area contributed by atoms with E-state index in [1.807, 2.05) is 42.6 Å². The van der Waals surface area contributed by atoms with Gasteiger partial charge in [-0.15, -0.1) is 0 Å². The fourth-order valence-corrected chi connectivity index (χ4v) is 5.13. The highest BCUT2D eigenvalue weighted by Gasteiger charge is 2.18. The van der Waals surface area contributed by atoms with Crippen molar-refractivity contribution in [1.82, 2.24) is 9.97 Å². The molecule has 0 fully saturated rings. The molecule has 2 N–H and O–H groups in total. The Bertz CT molecular complexity index is 1930. The minimum absolute atomic E-state index is 0.886. The van der Waals surface area contributed by atoms with Gasteiger partial charge in [-0.1, -0.05) is 97.1 Å². The zero-order chi connectivity index (χ0) is 24.6. The summed E-state index contributed by atoms with van der Waals surface area (Å²) in [6.45, 7) is 0. The molecule has 0 aliphatic rings. The molecule has 0 atom stereocenters. The van der Waals surface area contributed by atoms with E-state index in [2.05, 4.69) is 101 Å². The number of hydrogen-bond acceptors (Lipinski definition) is 1. The van der Waals surface area contributed by atoms with Gasteiger partial charge in [-0.25, -0.2) is 0 Å². The van der Waals surface area contributed by atoms with Crippen LogP contribution in [0.2, 0.25) is 0 Å². The van der Waals surface area contributed by atoms with Crippen LogP contribution in [0, 0.1) is 0 Å². The van der Waals surface area contributed by atoms with Crippen molar-refractivity contribution in [3.63, 3.8) is 0 Å². The summed E-state index contributed by atoms with van der Waals surface area (Å²) in [5, 5.41) is 4.84. The summed E-state index contributed by atoms with van der Waals surface area (Å²) in [6.07, 6.45) is 1.95. The quantitative estimate of drug-likeness (QED) is 0.256. The second-order valence-electron chi connectivity index (χ2n) is 9.16. The molecule has 0 aliphatic heterocycles. The Morgan fingerprint density at radius 3 is 2.11 bits per heavy atom. The van der Waals surface area contributed by atoms with E-state index in [0.717, 1.165) is 33.3 Å². The lowest BCUT2D eigenvalue weighted by atomic mass is 9.95. The predicted octanol–water partition coefficient (Wildman–Crippen LogP) is 9.57. The van der Waals surface area contributed by atoms with Crippen molar-refractivity contribution in [2.45, 2.75) is 0 Å². The van der Waals surface area contributed by atoms with Crippen molar-refractivity contribution in [3.8, 4) is 22.5 Å². The number of nitrogens with one attached hydrogen (secondary N) is 2. The molecular formula is C34H24N2O. The van der Waals surface area contributed by atoms with E-state index < -0.39 is 0 Å². The molecule has 0 saturated heterocycles. The van der Waals surface area contributed by atoms with Crippen LogP contribution in [-0.4, -0.2) is 9.97 Å². The van der Waals surface area contributed by atoms with Gasteiger partial charge >= 0.3 is 0 Å². The molecule has 3 heteroatoms. The summed E-state index contributed by atoms with van der Waals surface area (Å²) in [7, 11) is 0. The van der Waals surface area contributed by atoms with Crippen LogP contribution in [0.15, 0.2) is 138 Å². The van der Waals surface area contributed by atoms with Crippen molar-refractivity contribution >= 4 is 43.7 Å². The van der Waals surface area contributed by atoms with Crippen molar-refractivity contribution in [1.29, 1.82) is 0 Å².